The van der Waals surface area contributed by atoms with Crippen LogP contribution in [0.3, 0.4) is 0 Å². The lowest BCUT2D eigenvalue weighted by Gasteiger charge is -2.49. The van der Waals surface area contributed by atoms with Crippen molar-refractivity contribution in [3.05, 3.63) is 53.3 Å². The first-order valence-corrected chi connectivity index (χ1v) is 10.0. The molecule has 152 valence electrons. The fraction of sp³-hybridized carbons (Fsp3) is 0.565. The Bertz CT molecular complexity index is 862. The number of piperazine rings is 1. The molecular formula is C23H34N4O. The Balaban J connectivity index is 1.79. The third kappa shape index (κ3) is 4.70. The van der Waals surface area contributed by atoms with Crippen molar-refractivity contribution in [1.29, 1.82) is 0 Å². The van der Waals surface area contributed by atoms with Crippen molar-refractivity contribution in [2.45, 2.75) is 58.7 Å². The molecule has 1 unspecified atom stereocenters. The molecule has 1 saturated heterocycles. The van der Waals surface area contributed by atoms with E-state index in [1.165, 1.54) is 11.1 Å². The Labute approximate surface area is 174 Å². The number of hydrogen-bond donors (Lipinski definition) is 0. The Hall–Kier alpha value is -1.98. The van der Waals surface area contributed by atoms with Crippen LogP contribution in [0.4, 0.5) is 0 Å². The summed E-state index contributed by atoms with van der Waals surface area (Å²) in [5.74, 6) is 0.465. The predicted molar refractivity (Wildman–Crippen MR) is 114 cm³/mol. The van der Waals surface area contributed by atoms with Gasteiger partial charge in [0.25, 0.3) is 0 Å². The van der Waals surface area contributed by atoms with Crippen molar-refractivity contribution in [2.24, 2.45) is 0 Å². The van der Waals surface area contributed by atoms with Crippen LogP contribution in [0.2, 0.25) is 0 Å². The molecule has 2 aromatic rings. The number of methoxy groups -OCH3 is 1. The van der Waals surface area contributed by atoms with Gasteiger partial charge in [0.2, 0.25) is 0 Å². The van der Waals surface area contributed by atoms with E-state index in [0.717, 1.165) is 25.2 Å². The lowest BCUT2D eigenvalue weighted by Crippen LogP contribution is -2.55. The van der Waals surface area contributed by atoms with E-state index in [2.05, 4.69) is 78.7 Å². The number of nitrogens with zero attached hydrogens (tertiary/aromatic N) is 4. The summed E-state index contributed by atoms with van der Waals surface area (Å²) in [5, 5.41) is 0. The number of benzene rings is 1. The van der Waals surface area contributed by atoms with Gasteiger partial charge in [0.15, 0.2) is 0 Å². The molecule has 28 heavy (non-hydrogen) atoms. The first-order chi connectivity index (χ1) is 14.4. The Morgan fingerprint density at radius 2 is 1.89 bits per heavy atom. The van der Waals surface area contributed by atoms with Crippen molar-refractivity contribution >= 4 is 0 Å². The molecule has 0 amide bonds. The SMILES string of the molecule is [2H]C([2H])([2H])Oc1ncc(CN2CCN(C(C)(C)C)C(c3ccccc3C(C)C)C2)cn1. The largest absolute Gasteiger partial charge is 0.467 e. The molecule has 1 atom stereocenters. The smallest absolute Gasteiger partial charge is 0.316 e. The second-order valence-corrected chi connectivity index (χ2v) is 8.87. The van der Waals surface area contributed by atoms with Gasteiger partial charge in [0.05, 0.1) is 11.2 Å². The van der Waals surface area contributed by atoms with E-state index in [1.807, 2.05) is 0 Å². The minimum Gasteiger partial charge on any atom is -0.467 e. The summed E-state index contributed by atoms with van der Waals surface area (Å²) in [6.07, 6.45) is 3.31. The fourth-order valence-electron chi connectivity index (χ4n) is 4.13. The summed E-state index contributed by atoms with van der Waals surface area (Å²) in [6.45, 7) is 14.9. The number of aromatic nitrogens is 2. The molecule has 1 fully saturated rings. The van der Waals surface area contributed by atoms with Crippen molar-refractivity contribution in [3.8, 4) is 6.01 Å². The van der Waals surface area contributed by atoms with Gasteiger partial charge in [-0.2, -0.15) is 0 Å². The van der Waals surface area contributed by atoms with Gasteiger partial charge in [-0.25, -0.2) is 9.97 Å². The Morgan fingerprint density at radius 3 is 2.54 bits per heavy atom. The van der Waals surface area contributed by atoms with E-state index in [-0.39, 0.29) is 11.5 Å². The molecule has 1 aromatic carbocycles. The van der Waals surface area contributed by atoms with E-state index in [4.69, 9.17) is 8.85 Å². The maximum atomic E-state index is 7.17. The summed E-state index contributed by atoms with van der Waals surface area (Å²) >= 11 is 0. The van der Waals surface area contributed by atoms with Crippen LogP contribution in [0.25, 0.3) is 0 Å². The Morgan fingerprint density at radius 1 is 1.18 bits per heavy atom. The van der Waals surface area contributed by atoms with Gasteiger partial charge in [-0.15, -0.1) is 0 Å². The molecule has 0 N–H and O–H groups in total. The fourth-order valence-corrected chi connectivity index (χ4v) is 4.13. The molecule has 1 aromatic heterocycles. The molecule has 0 aliphatic carbocycles. The molecule has 5 heteroatoms. The van der Waals surface area contributed by atoms with Gasteiger partial charge in [-0.1, -0.05) is 38.1 Å². The highest BCUT2D eigenvalue weighted by Gasteiger charge is 2.35. The zero-order chi connectivity index (χ0) is 22.8. The third-order valence-corrected chi connectivity index (χ3v) is 5.48. The maximum Gasteiger partial charge on any atom is 0.316 e. The van der Waals surface area contributed by atoms with Gasteiger partial charge >= 0.3 is 6.01 Å². The molecule has 1 aliphatic heterocycles. The van der Waals surface area contributed by atoms with Crippen LogP contribution in [-0.2, 0) is 6.54 Å². The molecule has 5 nitrogen and oxygen atoms in total. The van der Waals surface area contributed by atoms with Crippen molar-refractivity contribution in [1.82, 2.24) is 19.8 Å². The van der Waals surface area contributed by atoms with Crippen molar-refractivity contribution < 1.29 is 8.85 Å². The van der Waals surface area contributed by atoms with Crippen LogP contribution < -0.4 is 4.74 Å². The van der Waals surface area contributed by atoms with E-state index in [1.54, 1.807) is 12.4 Å². The second kappa shape index (κ2) is 8.58. The van der Waals surface area contributed by atoms with Gasteiger partial charge in [-0.05, 0) is 37.8 Å². The average Bonchev–Trinajstić information content (AvgIpc) is 2.67. The predicted octanol–water partition coefficient (Wildman–Crippen LogP) is 4.27. The molecule has 0 radical (unpaired) electrons. The lowest BCUT2D eigenvalue weighted by atomic mass is 9.88. The standard InChI is InChI=1S/C23H34N4O/c1-17(2)19-9-7-8-10-20(19)21-16-26(11-12-27(21)23(3,4)5)15-18-13-24-22(28-6)25-14-18/h7-10,13-14,17,21H,11-12,15-16H2,1-6H3/i6D3. The lowest BCUT2D eigenvalue weighted by molar-refractivity contribution is 0.00547. The monoisotopic (exact) mass is 385 g/mol. The van der Waals surface area contributed by atoms with Crippen LogP contribution in [-0.4, -0.2) is 52.0 Å². The molecular weight excluding hydrogens is 348 g/mol. The molecule has 3 rings (SSSR count). The summed E-state index contributed by atoms with van der Waals surface area (Å²) < 4.78 is 26.3. The first kappa shape index (κ1) is 16.9. The van der Waals surface area contributed by atoms with Gasteiger partial charge < -0.3 is 4.74 Å². The van der Waals surface area contributed by atoms with Crippen LogP contribution in [0.15, 0.2) is 36.7 Å². The topological polar surface area (TPSA) is 41.5 Å². The zero-order valence-electron chi connectivity index (χ0n) is 20.6. The molecule has 2 heterocycles. The molecule has 1 aliphatic rings. The first-order valence-electron chi connectivity index (χ1n) is 11.5. The number of ether oxygens (including phenoxy) is 1. The third-order valence-electron chi connectivity index (χ3n) is 5.48. The van der Waals surface area contributed by atoms with Crippen LogP contribution in [0.5, 0.6) is 6.01 Å². The van der Waals surface area contributed by atoms with Crippen LogP contribution >= 0.6 is 0 Å². The quantitative estimate of drug-likeness (QED) is 0.769. The van der Waals surface area contributed by atoms with Gasteiger partial charge in [0.1, 0.15) is 0 Å². The number of rotatable bonds is 5. The van der Waals surface area contributed by atoms with E-state index >= 15 is 0 Å². The summed E-state index contributed by atoms with van der Waals surface area (Å²) in [5.41, 5.74) is 3.81. The molecule has 0 spiro atoms. The van der Waals surface area contributed by atoms with Crippen molar-refractivity contribution in [2.75, 3.05) is 26.7 Å². The van der Waals surface area contributed by atoms with Gasteiger partial charge in [-0.3, -0.25) is 9.80 Å². The van der Waals surface area contributed by atoms with Crippen LogP contribution in [0, 0.1) is 0 Å². The van der Waals surface area contributed by atoms with Crippen LogP contribution in [0.1, 0.15) is 67.4 Å². The maximum absolute atomic E-state index is 7.17. The average molecular weight is 386 g/mol. The summed E-state index contributed by atoms with van der Waals surface area (Å²) in [7, 11) is -2.54. The normalized spacial score (nSPS) is 21.2. The summed E-state index contributed by atoms with van der Waals surface area (Å²) in [4.78, 5) is 13.2. The number of hydrogen-bond acceptors (Lipinski definition) is 5. The van der Waals surface area contributed by atoms with E-state index in [9.17, 15) is 0 Å². The second-order valence-electron chi connectivity index (χ2n) is 8.87. The highest BCUT2D eigenvalue weighted by atomic mass is 16.5. The van der Waals surface area contributed by atoms with E-state index < -0.39 is 7.04 Å². The summed E-state index contributed by atoms with van der Waals surface area (Å²) in [6, 6.07) is 8.96. The highest BCUT2D eigenvalue weighted by Crippen LogP contribution is 2.35. The minimum absolute atomic E-state index is 0.0677. The Kier molecular flexibility index (Phi) is 5.19. The van der Waals surface area contributed by atoms with E-state index in [0.29, 0.717) is 18.5 Å². The molecule has 0 saturated carbocycles. The zero-order valence-corrected chi connectivity index (χ0v) is 17.6. The van der Waals surface area contributed by atoms with Crippen molar-refractivity contribution in [3.63, 3.8) is 0 Å². The molecule has 0 bridgehead atoms. The van der Waals surface area contributed by atoms with Gasteiger partial charge in [0, 0.05) is 55.7 Å². The minimum atomic E-state index is -2.54. The highest BCUT2D eigenvalue weighted by molar-refractivity contribution is 5.33.